The van der Waals surface area contributed by atoms with Crippen LogP contribution >= 0.6 is 0 Å². The lowest BCUT2D eigenvalue weighted by atomic mass is 10.1. The standard InChI is InChI=1S/C15H22O3/c1-11(2)12(3)18-14-8-5-13(6-9-14)7-10-15(16)17-4/h5-6,8-9,11-12H,7,10H2,1-4H3. The summed E-state index contributed by atoms with van der Waals surface area (Å²) in [6, 6.07) is 7.88. The highest BCUT2D eigenvalue weighted by Gasteiger charge is 2.08. The van der Waals surface area contributed by atoms with E-state index in [1.807, 2.05) is 24.3 Å². The van der Waals surface area contributed by atoms with Crippen molar-refractivity contribution in [1.82, 2.24) is 0 Å². The van der Waals surface area contributed by atoms with Crippen LogP contribution in [0.15, 0.2) is 24.3 Å². The number of rotatable bonds is 6. The van der Waals surface area contributed by atoms with Crippen LogP contribution in [0.2, 0.25) is 0 Å². The third kappa shape index (κ3) is 4.78. The van der Waals surface area contributed by atoms with E-state index < -0.39 is 0 Å². The fraction of sp³-hybridized carbons (Fsp3) is 0.533. The predicted octanol–water partition coefficient (Wildman–Crippen LogP) is 3.22. The van der Waals surface area contributed by atoms with Gasteiger partial charge in [0.05, 0.1) is 13.2 Å². The highest BCUT2D eigenvalue weighted by Crippen LogP contribution is 2.17. The number of hydrogen-bond acceptors (Lipinski definition) is 3. The molecule has 3 nitrogen and oxygen atoms in total. The van der Waals surface area contributed by atoms with E-state index >= 15 is 0 Å². The van der Waals surface area contributed by atoms with E-state index in [1.54, 1.807) is 0 Å². The van der Waals surface area contributed by atoms with Gasteiger partial charge in [0.25, 0.3) is 0 Å². The van der Waals surface area contributed by atoms with Crippen molar-refractivity contribution in [2.45, 2.75) is 39.7 Å². The lowest BCUT2D eigenvalue weighted by Crippen LogP contribution is -2.18. The molecular weight excluding hydrogens is 228 g/mol. The Kier molecular flexibility index (Phi) is 5.69. The zero-order chi connectivity index (χ0) is 13.5. The Bertz CT molecular complexity index is 368. The second-order valence-corrected chi connectivity index (χ2v) is 4.79. The zero-order valence-corrected chi connectivity index (χ0v) is 11.6. The van der Waals surface area contributed by atoms with Gasteiger partial charge in [-0.25, -0.2) is 0 Å². The first-order valence-corrected chi connectivity index (χ1v) is 6.35. The Morgan fingerprint density at radius 3 is 2.28 bits per heavy atom. The van der Waals surface area contributed by atoms with Crippen molar-refractivity contribution in [3.8, 4) is 5.75 Å². The van der Waals surface area contributed by atoms with Gasteiger partial charge in [-0.1, -0.05) is 26.0 Å². The van der Waals surface area contributed by atoms with E-state index in [1.165, 1.54) is 7.11 Å². The summed E-state index contributed by atoms with van der Waals surface area (Å²) in [4.78, 5) is 11.0. The Hall–Kier alpha value is -1.51. The van der Waals surface area contributed by atoms with Crippen molar-refractivity contribution in [2.24, 2.45) is 5.92 Å². The first kappa shape index (κ1) is 14.6. The molecule has 0 aromatic heterocycles. The Morgan fingerprint density at radius 2 is 1.78 bits per heavy atom. The van der Waals surface area contributed by atoms with Gasteiger partial charge < -0.3 is 9.47 Å². The van der Waals surface area contributed by atoms with Crippen molar-refractivity contribution in [3.05, 3.63) is 29.8 Å². The molecule has 0 amide bonds. The summed E-state index contributed by atoms with van der Waals surface area (Å²) in [6.07, 6.45) is 1.32. The number of carbonyl (C=O) groups is 1. The van der Waals surface area contributed by atoms with E-state index in [0.29, 0.717) is 18.8 Å². The minimum absolute atomic E-state index is 0.177. The molecule has 0 aliphatic carbocycles. The third-order valence-electron chi connectivity index (χ3n) is 3.03. The van der Waals surface area contributed by atoms with Gasteiger partial charge in [0, 0.05) is 6.42 Å². The van der Waals surface area contributed by atoms with Gasteiger partial charge in [-0.2, -0.15) is 0 Å². The molecule has 0 saturated carbocycles. The molecule has 100 valence electrons. The van der Waals surface area contributed by atoms with Crippen molar-refractivity contribution < 1.29 is 14.3 Å². The molecular formula is C15H22O3. The summed E-state index contributed by atoms with van der Waals surface area (Å²) in [5, 5.41) is 0. The van der Waals surface area contributed by atoms with Crippen LogP contribution in [-0.4, -0.2) is 19.2 Å². The van der Waals surface area contributed by atoms with Gasteiger partial charge in [-0.15, -0.1) is 0 Å². The highest BCUT2D eigenvalue weighted by atomic mass is 16.5. The largest absolute Gasteiger partial charge is 0.490 e. The summed E-state index contributed by atoms with van der Waals surface area (Å²) >= 11 is 0. The van der Waals surface area contributed by atoms with Crippen molar-refractivity contribution in [1.29, 1.82) is 0 Å². The fourth-order valence-corrected chi connectivity index (χ4v) is 1.43. The van der Waals surface area contributed by atoms with Crippen molar-refractivity contribution in [2.75, 3.05) is 7.11 Å². The SMILES string of the molecule is COC(=O)CCc1ccc(OC(C)C(C)C)cc1. The molecule has 1 unspecified atom stereocenters. The summed E-state index contributed by atoms with van der Waals surface area (Å²) in [7, 11) is 1.41. The maximum absolute atomic E-state index is 11.0. The fourth-order valence-electron chi connectivity index (χ4n) is 1.43. The molecule has 0 heterocycles. The molecule has 1 aromatic rings. The monoisotopic (exact) mass is 250 g/mol. The van der Waals surface area contributed by atoms with Gasteiger partial charge in [-0.05, 0) is 37.0 Å². The average molecular weight is 250 g/mol. The number of esters is 1. The molecule has 3 heteroatoms. The molecule has 0 radical (unpaired) electrons. The van der Waals surface area contributed by atoms with Crippen molar-refractivity contribution in [3.63, 3.8) is 0 Å². The molecule has 0 bridgehead atoms. The first-order valence-electron chi connectivity index (χ1n) is 6.35. The van der Waals surface area contributed by atoms with Crippen LogP contribution in [0.25, 0.3) is 0 Å². The molecule has 18 heavy (non-hydrogen) atoms. The summed E-state index contributed by atoms with van der Waals surface area (Å²) in [5.74, 6) is 1.19. The van der Waals surface area contributed by atoms with E-state index in [-0.39, 0.29) is 12.1 Å². The molecule has 1 aromatic carbocycles. The maximum atomic E-state index is 11.0. The lowest BCUT2D eigenvalue weighted by Gasteiger charge is -2.18. The van der Waals surface area contributed by atoms with E-state index in [4.69, 9.17) is 4.74 Å². The van der Waals surface area contributed by atoms with Gasteiger partial charge in [0.2, 0.25) is 0 Å². The molecule has 0 N–H and O–H groups in total. The number of benzene rings is 1. The average Bonchev–Trinajstić information content (AvgIpc) is 2.37. The van der Waals surface area contributed by atoms with Crippen molar-refractivity contribution >= 4 is 5.97 Å². The predicted molar refractivity (Wildman–Crippen MR) is 71.7 cm³/mol. The van der Waals surface area contributed by atoms with E-state index in [2.05, 4.69) is 25.5 Å². The number of ether oxygens (including phenoxy) is 2. The van der Waals surface area contributed by atoms with Gasteiger partial charge in [-0.3, -0.25) is 4.79 Å². The van der Waals surface area contributed by atoms with Crippen LogP contribution in [-0.2, 0) is 16.0 Å². The Morgan fingerprint density at radius 1 is 1.17 bits per heavy atom. The molecule has 0 fully saturated rings. The summed E-state index contributed by atoms with van der Waals surface area (Å²) in [5.41, 5.74) is 1.12. The minimum Gasteiger partial charge on any atom is -0.490 e. The van der Waals surface area contributed by atoms with Crippen LogP contribution < -0.4 is 4.74 Å². The summed E-state index contributed by atoms with van der Waals surface area (Å²) in [6.45, 7) is 6.33. The second-order valence-electron chi connectivity index (χ2n) is 4.79. The molecule has 0 spiro atoms. The van der Waals surface area contributed by atoms with Gasteiger partial charge in [0.15, 0.2) is 0 Å². The summed E-state index contributed by atoms with van der Waals surface area (Å²) < 4.78 is 10.4. The molecule has 1 atom stereocenters. The Labute approximate surface area is 109 Å². The first-order chi connectivity index (χ1) is 8.52. The Balaban J connectivity index is 2.49. The van der Waals surface area contributed by atoms with E-state index in [9.17, 15) is 4.79 Å². The number of methoxy groups -OCH3 is 1. The minimum atomic E-state index is -0.177. The normalized spacial score (nSPS) is 12.3. The quantitative estimate of drug-likeness (QED) is 0.727. The molecule has 0 aliphatic heterocycles. The second kappa shape index (κ2) is 7.04. The van der Waals surface area contributed by atoms with Crippen LogP contribution in [0.3, 0.4) is 0 Å². The third-order valence-corrected chi connectivity index (χ3v) is 3.03. The topological polar surface area (TPSA) is 35.5 Å². The number of hydrogen-bond donors (Lipinski definition) is 0. The van der Waals surface area contributed by atoms with Gasteiger partial charge in [0.1, 0.15) is 5.75 Å². The highest BCUT2D eigenvalue weighted by molar-refractivity contribution is 5.69. The van der Waals surface area contributed by atoms with Gasteiger partial charge >= 0.3 is 5.97 Å². The van der Waals surface area contributed by atoms with E-state index in [0.717, 1.165) is 11.3 Å². The number of carbonyl (C=O) groups excluding carboxylic acids is 1. The van der Waals surface area contributed by atoms with Crippen LogP contribution in [0.5, 0.6) is 5.75 Å². The van der Waals surface area contributed by atoms with Crippen LogP contribution in [0, 0.1) is 5.92 Å². The maximum Gasteiger partial charge on any atom is 0.305 e. The lowest BCUT2D eigenvalue weighted by molar-refractivity contribution is -0.140. The zero-order valence-electron chi connectivity index (χ0n) is 11.6. The number of aryl methyl sites for hydroxylation is 1. The molecule has 1 rings (SSSR count). The van der Waals surface area contributed by atoms with Crippen LogP contribution in [0.1, 0.15) is 32.8 Å². The molecule has 0 aliphatic rings. The van der Waals surface area contributed by atoms with Crippen LogP contribution in [0.4, 0.5) is 0 Å². The molecule has 0 saturated heterocycles. The smallest absolute Gasteiger partial charge is 0.305 e.